The molecular weight excluding hydrogens is 259 g/mol. The van der Waals surface area contributed by atoms with E-state index in [2.05, 4.69) is 44.3 Å². The molecule has 1 aromatic rings. The van der Waals surface area contributed by atoms with E-state index in [1.165, 1.54) is 12.0 Å². The molecule has 0 aromatic heterocycles. The predicted octanol–water partition coefficient (Wildman–Crippen LogP) is 2.68. The average Bonchev–Trinajstić information content (AvgIpc) is 2.22. The van der Waals surface area contributed by atoms with Crippen LogP contribution in [-0.4, -0.2) is 13.1 Å². The Balaban J connectivity index is 0. The van der Waals surface area contributed by atoms with Crippen LogP contribution in [0.25, 0.3) is 0 Å². The first kappa shape index (κ1) is 17.7. The van der Waals surface area contributed by atoms with Crippen LogP contribution in [0.4, 0.5) is 0 Å². The van der Waals surface area contributed by atoms with Gasteiger partial charge in [0.2, 0.25) is 0 Å². The van der Waals surface area contributed by atoms with Crippen molar-refractivity contribution >= 4 is 0 Å². The molecule has 0 heterocycles. The Bertz CT molecular complexity index is 197. The minimum Gasteiger partial charge on any atom is -0.376 e. The molecule has 0 aliphatic heterocycles. The van der Waals surface area contributed by atoms with Gasteiger partial charge in [0, 0.05) is 0 Å². The number of hydrogen-bond donors (Lipinski definition) is 1. The van der Waals surface area contributed by atoms with Gasteiger partial charge >= 0.3 is 32.7 Å². The third-order valence-corrected chi connectivity index (χ3v) is 1.65. The molecule has 0 atom stereocenters. The molecule has 0 saturated heterocycles. The van der Waals surface area contributed by atoms with Gasteiger partial charge in [-0.15, -0.1) is 13.1 Å². The number of rotatable bonds is 4. The van der Waals surface area contributed by atoms with Crippen molar-refractivity contribution < 1.29 is 32.7 Å². The molecule has 2 heteroatoms. The second kappa shape index (κ2) is 14.3. The fourth-order valence-corrected chi connectivity index (χ4v) is 0.980. The van der Waals surface area contributed by atoms with Gasteiger partial charge in [0.15, 0.2) is 0 Å². The predicted molar refractivity (Wildman–Crippen MR) is 62.9 cm³/mol. The third kappa shape index (κ3) is 12.2. The van der Waals surface area contributed by atoms with Crippen LogP contribution in [0, 0.1) is 19.9 Å². The van der Waals surface area contributed by atoms with Crippen molar-refractivity contribution in [3.05, 3.63) is 49.7 Å². The smallest absolute Gasteiger partial charge is 0.376 e. The Kier molecular flexibility index (Phi) is 16.8. The third-order valence-electron chi connectivity index (χ3n) is 1.65. The van der Waals surface area contributed by atoms with Crippen molar-refractivity contribution in [2.45, 2.75) is 19.8 Å². The number of hydrogen-bond acceptors (Lipinski definition) is 1. The van der Waals surface area contributed by atoms with E-state index in [1.54, 1.807) is 0 Å². The zero-order valence-corrected chi connectivity index (χ0v) is 12.5. The monoisotopic (exact) mass is 279 g/mol. The van der Waals surface area contributed by atoms with Crippen LogP contribution in [0.3, 0.4) is 0 Å². The molecule has 0 bridgehead atoms. The summed E-state index contributed by atoms with van der Waals surface area (Å²) in [7, 11) is 0. The van der Waals surface area contributed by atoms with Gasteiger partial charge in [-0.1, -0.05) is 19.8 Å². The molecule has 0 spiro atoms. The molecule has 0 unspecified atom stereocenters. The van der Waals surface area contributed by atoms with E-state index in [0.717, 1.165) is 19.5 Å². The SMILES string of the molecule is CCCc1[c-]cccc1.[CH2-]CNC[CH2-].[Y+3]. The number of benzene rings is 1. The van der Waals surface area contributed by atoms with E-state index in [0.29, 0.717) is 0 Å². The molecule has 0 amide bonds. The van der Waals surface area contributed by atoms with Crippen LogP contribution in [0.5, 0.6) is 0 Å². The summed E-state index contributed by atoms with van der Waals surface area (Å²) in [6.45, 7) is 10.8. The topological polar surface area (TPSA) is 12.0 Å². The van der Waals surface area contributed by atoms with Crippen LogP contribution in [0.2, 0.25) is 0 Å². The van der Waals surface area contributed by atoms with Crippen molar-refractivity contribution in [3.8, 4) is 0 Å². The van der Waals surface area contributed by atoms with Crippen LogP contribution in [-0.2, 0) is 39.1 Å². The summed E-state index contributed by atoms with van der Waals surface area (Å²) < 4.78 is 0. The molecule has 0 radical (unpaired) electrons. The van der Waals surface area contributed by atoms with Gasteiger partial charge in [0.25, 0.3) is 0 Å². The molecule has 15 heavy (non-hydrogen) atoms. The molecule has 1 aromatic carbocycles. The number of nitrogens with one attached hydrogen (secondary N) is 1. The maximum atomic E-state index is 3.52. The van der Waals surface area contributed by atoms with Crippen LogP contribution in [0.15, 0.2) is 24.3 Å². The average molecular weight is 279 g/mol. The molecule has 0 fully saturated rings. The summed E-state index contributed by atoms with van der Waals surface area (Å²) in [5, 5.41) is 2.89. The molecular formula is C13H20NY. The van der Waals surface area contributed by atoms with Gasteiger partial charge in [-0.25, -0.2) is 0 Å². The molecule has 0 saturated carbocycles. The zero-order chi connectivity index (χ0) is 10.6. The van der Waals surface area contributed by atoms with E-state index in [-0.39, 0.29) is 32.7 Å². The Morgan fingerprint density at radius 2 is 1.93 bits per heavy atom. The van der Waals surface area contributed by atoms with Gasteiger partial charge in [-0.3, -0.25) is 0 Å². The minimum absolute atomic E-state index is 0. The first-order chi connectivity index (χ1) is 6.85. The number of aryl methyl sites for hydroxylation is 1. The zero-order valence-electron chi connectivity index (χ0n) is 9.63. The Morgan fingerprint density at radius 3 is 2.27 bits per heavy atom. The molecule has 0 aliphatic carbocycles. The van der Waals surface area contributed by atoms with Crippen LogP contribution >= 0.6 is 0 Å². The first-order valence-electron chi connectivity index (χ1n) is 5.10. The molecule has 1 nitrogen and oxygen atoms in total. The fourth-order valence-electron chi connectivity index (χ4n) is 0.980. The molecule has 1 N–H and O–H groups in total. The second-order valence-corrected chi connectivity index (χ2v) is 2.89. The Labute approximate surface area is 120 Å². The van der Waals surface area contributed by atoms with Gasteiger partial charge in [-0.05, 0) is 0 Å². The summed E-state index contributed by atoms with van der Waals surface area (Å²) in [6.07, 6.45) is 2.36. The normalized spacial score (nSPS) is 8.47. The van der Waals surface area contributed by atoms with Crippen molar-refractivity contribution in [2.75, 3.05) is 13.1 Å². The summed E-state index contributed by atoms with van der Waals surface area (Å²) in [6, 6.07) is 11.3. The maximum absolute atomic E-state index is 3.52. The van der Waals surface area contributed by atoms with E-state index in [9.17, 15) is 0 Å². The molecule has 1 rings (SSSR count). The minimum atomic E-state index is 0. The Hall–Kier alpha value is 0.284. The van der Waals surface area contributed by atoms with Gasteiger partial charge in [-0.2, -0.15) is 35.9 Å². The molecule has 0 aliphatic rings. The standard InChI is InChI=1S/C9H11.C4H9N.Y/c1-2-6-9-7-4-3-5-8-9;1-3-5-4-2;/h3-5,7H,2,6H2,1H3;5H,1-4H2;/q-1;-2;+3. The van der Waals surface area contributed by atoms with Crippen molar-refractivity contribution in [2.24, 2.45) is 0 Å². The van der Waals surface area contributed by atoms with Crippen LogP contribution in [0.1, 0.15) is 18.9 Å². The van der Waals surface area contributed by atoms with E-state index in [1.807, 2.05) is 12.1 Å². The summed E-state index contributed by atoms with van der Waals surface area (Å²) in [5.41, 5.74) is 1.32. The largest absolute Gasteiger partial charge is 3.00 e. The van der Waals surface area contributed by atoms with Crippen LogP contribution < -0.4 is 5.32 Å². The second-order valence-electron chi connectivity index (χ2n) is 2.89. The quantitative estimate of drug-likeness (QED) is 0.836. The van der Waals surface area contributed by atoms with Crippen molar-refractivity contribution in [3.63, 3.8) is 0 Å². The van der Waals surface area contributed by atoms with Gasteiger partial charge in [0.1, 0.15) is 0 Å². The van der Waals surface area contributed by atoms with Crippen molar-refractivity contribution in [1.29, 1.82) is 0 Å². The Morgan fingerprint density at radius 1 is 1.27 bits per heavy atom. The van der Waals surface area contributed by atoms with Crippen molar-refractivity contribution in [1.82, 2.24) is 5.32 Å². The van der Waals surface area contributed by atoms with E-state index >= 15 is 0 Å². The summed E-state index contributed by atoms with van der Waals surface area (Å²) in [4.78, 5) is 0. The first-order valence-corrected chi connectivity index (χ1v) is 5.10. The van der Waals surface area contributed by atoms with Gasteiger partial charge < -0.3 is 19.2 Å². The van der Waals surface area contributed by atoms with E-state index < -0.39 is 0 Å². The summed E-state index contributed by atoms with van der Waals surface area (Å²) in [5.74, 6) is 0. The van der Waals surface area contributed by atoms with Gasteiger partial charge in [0.05, 0.1) is 0 Å². The molecule has 80 valence electrons. The fraction of sp³-hybridized carbons (Fsp3) is 0.385. The van der Waals surface area contributed by atoms with E-state index in [4.69, 9.17) is 0 Å². The summed E-state index contributed by atoms with van der Waals surface area (Å²) >= 11 is 0. The maximum Gasteiger partial charge on any atom is 3.00 e.